The number of rotatable bonds is 4. The molecule has 2 N–H and O–H groups in total. The van der Waals surface area contributed by atoms with Gasteiger partial charge in [0.2, 0.25) is 6.41 Å². The van der Waals surface area contributed by atoms with Crippen molar-refractivity contribution in [3.8, 4) is 0 Å². The Morgan fingerprint density at radius 3 is 2.17 bits per heavy atom. The van der Waals surface area contributed by atoms with Gasteiger partial charge in [-0.25, -0.2) is 9.59 Å². The van der Waals surface area contributed by atoms with Gasteiger partial charge in [-0.1, -0.05) is 13.8 Å². The van der Waals surface area contributed by atoms with Crippen molar-refractivity contribution in [2.75, 3.05) is 26.2 Å². The topological polar surface area (TPSA) is 90.0 Å². The van der Waals surface area contributed by atoms with Crippen LogP contribution in [0.1, 0.15) is 13.8 Å². The second kappa shape index (κ2) is 6.23. The Kier molecular flexibility index (Phi) is 4.94. The van der Waals surface area contributed by atoms with Gasteiger partial charge < -0.3 is 20.2 Å². The van der Waals surface area contributed by atoms with Gasteiger partial charge in [-0.15, -0.1) is 0 Å². The molecule has 0 radical (unpaired) electrons. The van der Waals surface area contributed by atoms with Crippen molar-refractivity contribution in [2.24, 2.45) is 5.92 Å². The van der Waals surface area contributed by atoms with Crippen molar-refractivity contribution in [3.05, 3.63) is 0 Å². The number of urea groups is 1. The standard InChI is InChI=1S/C11H19N3O4/c1-8(2)9(10(16)17)12-11(18)14-5-3-13(7-15)4-6-14/h7-9H,3-6H2,1-2H3,(H,12,18)(H,16,17)/t9-/m0/s1. The number of nitrogens with one attached hydrogen (secondary N) is 1. The largest absolute Gasteiger partial charge is 0.480 e. The number of carboxylic acids is 1. The highest BCUT2D eigenvalue weighted by Gasteiger charge is 2.27. The van der Waals surface area contributed by atoms with E-state index in [0.29, 0.717) is 26.2 Å². The van der Waals surface area contributed by atoms with E-state index in [1.807, 2.05) is 0 Å². The Morgan fingerprint density at radius 2 is 1.78 bits per heavy atom. The summed E-state index contributed by atoms with van der Waals surface area (Å²) in [6, 6.07) is -1.27. The van der Waals surface area contributed by atoms with E-state index in [2.05, 4.69) is 5.32 Å². The third-order valence-electron chi connectivity index (χ3n) is 2.96. The number of piperazine rings is 1. The summed E-state index contributed by atoms with van der Waals surface area (Å²) < 4.78 is 0. The highest BCUT2D eigenvalue weighted by Crippen LogP contribution is 2.05. The van der Waals surface area contributed by atoms with Gasteiger partial charge in [0.05, 0.1) is 0 Å². The molecule has 3 amide bonds. The molecular weight excluding hydrogens is 238 g/mol. The molecule has 0 spiro atoms. The van der Waals surface area contributed by atoms with Crippen molar-refractivity contribution >= 4 is 18.4 Å². The third-order valence-corrected chi connectivity index (χ3v) is 2.96. The van der Waals surface area contributed by atoms with Crippen molar-refractivity contribution in [2.45, 2.75) is 19.9 Å². The molecule has 18 heavy (non-hydrogen) atoms. The van der Waals surface area contributed by atoms with E-state index in [0.717, 1.165) is 6.41 Å². The monoisotopic (exact) mass is 257 g/mol. The second-order valence-corrected chi connectivity index (χ2v) is 4.64. The summed E-state index contributed by atoms with van der Waals surface area (Å²) in [6.07, 6.45) is 0.753. The fraction of sp³-hybridized carbons (Fsp3) is 0.727. The fourth-order valence-electron chi connectivity index (χ4n) is 1.77. The summed E-state index contributed by atoms with van der Waals surface area (Å²) in [7, 11) is 0. The minimum atomic E-state index is -1.04. The first-order chi connectivity index (χ1) is 8.45. The summed E-state index contributed by atoms with van der Waals surface area (Å²) in [5.74, 6) is -1.22. The molecule has 0 aromatic carbocycles. The maximum absolute atomic E-state index is 11.9. The summed E-state index contributed by atoms with van der Waals surface area (Å²) in [6.45, 7) is 5.30. The maximum atomic E-state index is 11.9. The molecule has 1 atom stereocenters. The summed E-state index contributed by atoms with van der Waals surface area (Å²) in [4.78, 5) is 36.5. The first-order valence-corrected chi connectivity index (χ1v) is 5.93. The lowest BCUT2D eigenvalue weighted by Gasteiger charge is -2.33. The Labute approximate surface area is 106 Å². The van der Waals surface area contributed by atoms with Crippen LogP contribution in [0, 0.1) is 5.92 Å². The van der Waals surface area contributed by atoms with Gasteiger partial charge in [-0.05, 0) is 5.92 Å². The molecule has 1 aliphatic heterocycles. The predicted molar refractivity (Wildman–Crippen MR) is 64.0 cm³/mol. The van der Waals surface area contributed by atoms with E-state index in [1.54, 1.807) is 18.7 Å². The minimum absolute atomic E-state index is 0.178. The first kappa shape index (κ1) is 14.3. The van der Waals surface area contributed by atoms with Crippen molar-refractivity contribution in [1.29, 1.82) is 0 Å². The summed E-state index contributed by atoms with van der Waals surface area (Å²) in [5, 5.41) is 11.5. The molecule has 0 aliphatic carbocycles. The number of carboxylic acid groups (broad SMARTS) is 1. The summed E-state index contributed by atoms with van der Waals surface area (Å²) >= 11 is 0. The SMILES string of the molecule is CC(C)[C@H](NC(=O)N1CCN(C=O)CC1)C(=O)O. The molecule has 0 aromatic heterocycles. The van der Waals surface area contributed by atoms with E-state index < -0.39 is 12.0 Å². The van der Waals surface area contributed by atoms with E-state index in [1.165, 1.54) is 4.90 Å². The van der Waals surface area contributed by atoms with Crippen LogP contribution in [0.25, 0.3) is 0 Å². The number of nitrogens with zero attached hydrogens (tertiary/aromatic N) is 2. The van der Waals surface area contributed by atoms with Crippen LogP contribution in [-0.4, -0.2) is 65.5 Å². The quantitative estimate of drug-likeness (QED) is 0.669. The Bertz CT molecular complexity index is 324. The Balaban J connectivity index is 2.50. The molecule has 1 heterocycles. The predicted octanol–water partition coefficient (Wildman–Crippen LogP) is -0.421. The van der Waals surface area contributed by atoms with Gasteiger partial charge >= 0.3 is 12.0 Å². The van der Waals surface area contributed by atoms with E-state index >= 15 is 0 Å². The lowest BCUT2D eigenvalue weighted by atomic mass is 10.1. The van der Waals surface area contributed by atoms with Crippen LogP contribution in [0.3, 0.4) is 0 Å². The lowest BCUT2D eigenvalue weighted by molar-refractivity contribution is -0.140. The van der Waals surface area contributed by atoms with Crippen LogP contribution in [0.2, 0.25) is 0 Å². The van der Waals surface area contributed by atoms with Crippen LogP contribution in [-0.2, 0) is 9.59 Å². The molecule has 7 heteroatoms. The second-order valence-electron chi connectivity index (χ2n) is 4.64. The lowest BCUT2D eigenvalue weighted by Crippen LogP contribution is -2.55. The molecule has 0 aromatic rings. The number of carbonyl (C=O) groups is 3. The van der Waals surface area contributed by atoms with Gasteiger partial charge in [0.1, 0.15) is 6.04 Å². The van der Waals surface area contributed by atoms with Crippen LogP contribution < -0.4 is 5.32 Å². The molecular formula is C11H19N3O4. The molecule has 1 aliphatic rings. The van der Waals surface area contributed by atoms with Gasteiger partial charge in [0.25, 0.3) is 0 Å². The molecule has 1 fully saturated rings. The number of aliphatic carboxylic acids is 1. The van der Waals surface area contributed by atoms with E-state index in [4.69, 9.17) is 5.11 Å². The van der Waals surface area contributed by atoms with E-state index in [9.17, 15) is 14.4 Å². The van der Waals surface area contributed by atoms with Crippen LogP contribution >= 0.6 is 0 Å². The van der Waals surface area contributed by atoms with Crippen LogP contribution in [0.4, 0.5) is 4.79 Å². The molecule has 102 valence electrons. The van der Waals surface area contributed by atoms with Crippen molar-refractivity contribution < 1.29 is 19.5 Å². The molecule has 7 nitrogen and oxygen atoms in total. The highest BCUT2D eigenvalue weighted by molar-refractivity contribution is 5.82. The minimum Gasteiger partial charge on any atom is -0.480 e. The van der Waals surface area contributed by atoms with Gasteiger partial charge in [-0.3, -0.25) is 4.79 Å². The highest BCUT2D eigenvalue weighted by atomic mass is 16.4. The zero-order chi connectivity index (χ0) is 13.7. The first-order valence-electron chi connectivity index (χ1n) is 5.93. The number of carbonyl (C=O) groups excluding carboxylic acids is 2. The number of hydrogen-bond acceptors (Lipinski definition) is 3. The van der Waals surface area contributed by atoms with E-state index in [-0.39, 0.29) is 11.9 Å². The number of amides is 3. The van der Waals surface area contributed by atoms with Gasteiger partial charge in [-0.2, -0.15) is 0 Å². The zero-order valence-corrected chi connectivity index (χ0v) is 10.6. The van der Waals surface area contributed by atoms with Crippen LogP contribution in [0.15, 0.2) is 0 Å². The molecule has 1 saturated heterocycles. The average Bonchev–Trinajstić information content (AvgIpc) is 2.35. The van der Waals surface area contributed by atoms with Crippen LogP contribution in [0.5, 0.6) is 0 Å². The normalized spacial score (nSPS) is 17.5. The average molecular weight is 257 g/mol. The van der Waals surface area contributed by atoms with Gasteiger partial charge in [0.15, 0.2) is 0 Å². The molecule has 0 unspecified atom stereocenters. The van der Waals surface area contributed by atoms with Crippen molar-refractivity contribution in [1.82, 2.24) is 15.1 Å². The number of hydrogen-bond donors (Lipinski definition) is 2. The Morgan fingerprint density at radius 1 is 1.22 bits per heavy atom. The van der Waals surface area contributed by atoms with Crippen molar-refractivity contribution in [3.63, 3.8) is 0 Å². The molecule has 0 bridgehead atoms. The fourth-order valence-corrected chi connectivity index (χ4v) is 1.77. The molecule has 1 rings (SSSR count). The van der Waals surface area contributed by atoms with Gasteiger partial charge in [0, 0.05) is 26.2 Å². The Hall–Kier alpha value is -1.79. The maximum Gasteiger partial charge on any atom is 0.326 e. The zero-order valence-electron chi connectivity index (χ0n) is 10.6. The third kappa shape index (κ3) is 3.61. The molecule has 0 saturated carbocycles. The summed E-state index contributed by atoms with van der Waals surface area (Å²) in [5.41, 5.74) is 0. The smallest absolute Gasteiger partial charge is 0.326 e.